The van der Waals surface area contributed by atoms with Gasteiger partial charge in [-0.15, -0.1) is 0 Å². The molecule has 0 N–H and O–H groups in total. The van der Waals surface area contributed by atoms with Crippen molar-refractivity contribution in [3.63, 3.8) is 0 Å². The van der Waals surface area contributed by atoms with E-state index in [1.165, 1.54) is 0 Å². The first kappa shape index (κ1) is 9.52. The molecular formula is C10H9BrO3. The largest absolute Gasteiger partial charge is 0.497 e. The second-order valence-corrected chi connectivity index (χ2v) is 3.57. The van der Waals surface area contributed by atoms with Gasteiger partial charge in [0.2, 0.25) is 5.78 Å². The molecule has 1 aromatic carbocycles. The average Bonchev–Trinajstić information content (AvgIpc) is 2.59. The Morgan fingerprint density at radius 2 is 2.36 bits per heavy atom. The zero-order valence-corrected chi connectivity index (χ0v) is 9.26. The maximum atomic E-state index is 11.4. The number of alkyl halides is 1. The topological polar surface area (TPSA) is 35.5 Å². The van der Waals surface area contributed by atoms with Crippen molar-refractivity contribution < 1.29 is 14.3 Å². The van der Waals surface area contributed by atoms with E-state index in [4.69, 9.17) is 9.47 Å². The maximum absolute atomic E-state index is 11.4. The Kier molecular flexibility index (Phi) is 2.46. The molecule has 0 saturated carbocycles. The van der Waals surface area contributed by atoms with Gasteiger partial charge >= 0.3 is 0 Å². The SMILES string of the molecule is COc1cc(CBr)c2c(c1)C(=O)CO2. The standard InChI is InChI=1S/C10H9BrO3/c1-13-7-2-6(4-11)10-8(3-7)9(12)5-14-10/h2-3H,4-5H2,1H3. The quantitative estimate of drug-likeness (QED) is 0.761. The van der Waals surface area contributed by atoms with Gasteiger partial charge in [-0.25, -0.2) is 0 Å². The molecule has 1 aliphatic heterocycles. The summed E-state index contributed by atoms with van der Waals surface area (Å²) in [5, 5.41) is 0.653. The zero-order valence-electron chi connectivity index (χ0n) is 7.67. The van der Waals surface area contributed by atoms with Crippen LogP contribution in [0.25, 0.3) is 0 Å². The number of halogens is 1. The number of hydrogen-bond acceptors (Lipinski definition) is 3. The van der Waals surface area contributed by atoms with E-state index in [9.17, 15) is 4.79 Å². The van der Waals surface area contributed by atoms with E-state index in [1.54, 1.807) is 13.2 Å². The summed E-state index contributed by atoms with van der Waals surface area (Å²) in [5.41, 5.74) is 1.57. The third-order valence-corrected chi connectivity index (χ3v) is 2.77. The summed E-state index contributed by atoms with van der Waals surface area (Å²) in [6, 6.07) is 3.59. The molecule has 0 atom stereocenters. The van der Waals surface area contributed by atoms with Crippen LogP contribution in [0.15, 0.2) is 12.1 Å². The second-order valence-electron chi connectivity index (χ2n) is 3.01. The van der Waals surface area contributed by atoms with Crippen LogP contribution in [0.3, 0.4) is 0 Å². The van der Waals surface area contributed by atoms with Crippen molar-refractivity contribution >= 4 is 21.7 Å². The van der Waals surface area contributed by atoms with Crippen molar-refractivity contribution in [3.8, 4) is 11.5 Å². The summed E-state index contributed by atoms with van der Waals surface area (Å²) in [6.07, 6.45) is 0. The molecule has 0 fully saturated rings. The maximum Gasteiger partial charge on any atom is 0.204 e. The molecule has 1 heterocycles. The van der Waals surface area contributed by atoms with E-state index < -0.39 is 0 Å². The molecule has 0 saturated heterocycles. The average molecular weight is 257 g/mol. The van der Waals surface area contributed by atoms with Crippen LogP contribution in [0.5, 0.6) is 11.5 Å². The number of ketones is 1. The van der Waals surface area contributed by atoms with Gasteiger partial charge in [0.25, 0.3) is 0 Å². The summed E-state index contributed by atoms with van der Waals surface area (Å²) < 4.78 is 10.4. The molecule has 1 aliphatic rings. The van der Waals surface area contributed by atoms with Crippen LogP contribution in [0.4, 0.5) is 0 Å². The van der Waals surface area contributed by atoms with Crippen molar-refractivity contribution in [2.75, 3.05) is 13.7 Å². The number of benzene rings is 1. The molecule has 0 spiro atoms. The number of Topliss-reactive ketones (excluding diaryl/α,β-unsaturated/α-hetero) is 1. The first-order valence-corrected chi connectivity index (χ1v) is 5.31. The highest BCUT2D eigenvalue weighted by molar-refractivity contribution is 9.08. The highest BCUT2D eigenvalue weighted by Crippen LogP contribution is 2.34. The smallest absolute Gasteiger partial charge is 0.204 e. The van der Waals surface area contributed by atoms with Gasteiger partial charge < -0.3 is 9.47 Å². The van der Waals surface area contributed by atoms with E-state index in [0.29, 0.717) is 22.4 Å². The summed E-state index contributed by atoms with van der Waals surface area (Å²) in [5.74, 6) is 1.39. The van der Waals surface area contributed by atoms with Gasteiger partial charge in [0.15, 0.2) is 6.61 Å². The molecule has 0 radical (unpaired) electrons. The molecule has 0 aromatic heterocycles. The lowest BCUT2D eigenvalue weighted by Gasteiger charge is -2.07. The lowest BCUT2D eigenvalue weighted by molar-refractivity contribution is 0.0961. The molecule has 0 bridgehead atoms. The number of carbonyl (C=O) groups is 1. The third kappa shape index (κ3) is 1.39. The van der Waals surface area contributed by atoms with E-state index in [2.05, 4.69) is 15.9 Å². The highest BCUT2D eigenvalue weighted by Gasteiger charge is 2.24. The van der Waals surface area contributed by atoms with Crippen LogP contribution < -0.4 is 9.47 Å². The van der Waals surface area contributed by atoms with Crippen LogP contribution in [0.2, 0.25) is 0 Å². The molecule has 14 heavy (non-hydrogen) atoms. The number of methoxy groups -OCH3 is 1. The van der Waals surface area contributed by atoms with Crippen molar-refractivity contribution in [1.29, 1.82) is 0 Å². The minimum absolute atomic E-state index is 0.0149. The molecule has 4 heteroatoms. The Balaban J connectivity index is 2.58. The number of carbonyl (C=O) groups excluding carboxylic acids is 1. The summed E-state index contributed by atoms with van der Waals surface area (Å²) in [6.45, 7) is 0.141. The first-order chi connectivity index (χ1) is 6.76. The monoisotopic (exact) mass is 256 g/mol. The molecule has 0 amide bonds. The van der Waals surface area contributed by atoms with Crippen LogP contribution in [0, 0.1) is 0 Å². The lowest BCUT2D eigenvalue weighted by atomic mass is 10.1. The lowest BCUT2D eigenvalue weighted by Crippen LogP contribution is -1.98. The fourth-order valence-corrected chi connectivity index (χ4v) is 1.89. The van der Waals surface area contributed by atoms with Gasteiger partial charge in [-0.3, -0.25) is 4.79 Å². The van der Waals surface area contributed by atoms with Crippen molar-refractivity contribution in [1.82, 2.24) is 0 Å². The number of hydrogen-bond donors (Lipinski definition) is 0. The fraction of sp³-hybridized carbons (Fsp3) is 0.300. The number of ether oxygens (including phenoxy) is 2. The Labute approximate surface area is 90.1 Å². The second kappa shape index (κ2) is 3.61. The van der Waals surface area contributed by atoms with Crippen LogP contribution >= 0.6 is 15.9 Å². The molecule has 74 valence electrons. The highest BCUT2D eigenvalue weighted by atomic mass is 79.9. The molecule has 3 nitrogen and oxygen atoms in total. The summed E-state index contributed by atoms with van der Waals surface area (Å²) in [7, 11) is 1.58. The number of fused-ring (bicyclic) bond motifs is 1. The van der Waals surface area contributed by atoms with Gasteiger partial charge in [-0.1, -0.05) is 15.9 Å². The Bertz CT molecular complexity index is 387. The molecule has 0 unspecified atom stereocenters. The molecule has 2 rings (SSSR count). The normalized spacial score (nSPS) is 13.7. The molecular weight excluding hydrogens is 248 g/mol. The van der Waals surface area contributed by atoms with E-state index in [0.717, 1.165) is 5.56 Å². The molecule has 0 aliphatic carbocycles. The van der Waals surface area contributed by atoms with Gasteiger partial charge in [-0.05, 0) is 12.1 Å². The predicted octanol–water partition coefficient (Wildman–Crippen LogP) is 2.17. The Hall–Kier alpha value is -1.03. The van der Waals surface area contributed by atoms with Gasteiger partial charge in [0.1, 0.15) is 11.5 Å². The minimum Gasteiger partial charge on any atom is -0.497 e. The van der Waals surface area contributed by atoms with E-state index >= 15 is 0 Å². The van der Waals surface area contributed by atoms with Gasteiger partial charge in [0.05, 0.1) is 12.7 Å². The van der Waals surface area contributed by atoms with Crippen molar-refractivity contribution in [2.24, 2.45) is 0 Å². The van der Waals surface area contributed by atoms with Crippen LogP contribution in [-0.2, 0) is 5.33 Å². The van der Waals surface area contributed by atoms with E-state index in [-0.39, 0.29) is 12.4 Å². The van der Waals surface area contributed by atoms with Gasteiger partial charge in [0, 0.05) is 10.9 Å². The van der Waals surface area contributed by atoms with Crippen molar-refractivity contribution in [2.45, 2.75) is 5.33 Å². The van der Waals surface area contributed by atoms with E-state index in [1.807, 2.05) is 6.07 Å². The minimum atomic E-state index is 0.0149. The van der Waals surface area contributed by atoms with Crippen LogP contribution in [0.1, 0.15) is 15.9 Å². The summed E-state index contributed by atoms with van der Waals surface area (Å²) in [4.78, 5) is 11.4. The van der Waals surface area contributed by atoms with Gasteiger partial charge in [-0.2, -0.15) is 0 Å². The zero-order chi connectivity index (χ0) is 10.1. The Morgan fingerprint density at radius 1 is 1.57 bits per heavy atom. The summed E-state index contributed by atoms with van der Waals surface area (Å²) >= 11 is 3.35. The number of rotatable bonds is 2. The van der Waals surface area contributed by atoms with Crippen LogP contribution in [-0.4, -0.2) is 19.5 Å². The molecule has 1 aromatic rings. The Morgan fingerprint density at radius 3 is 3.00 bits per heavy atom. The first-order valence-electron chi connectivity index (χ1n) is 4.19. The third-order valence-electron chi connectivity index (χ3n) is 2.17. The van der Waals surface area contributed by atoms with Crippen molar-refractivity contribution in [3.05, 3.63) is 23.3 Å². The predicted molar refractivity (Wildman–Crippen MR) is 55.5 cm³/mol. The fourth-order valence-electron chi connectivity index (χ4n) is 1.47.